The third-order valence-corrected chi connectivity index (χ3v) is 2.29. The maximum absolute atomic E-state index is 5.39. The van der Waals surface area contributed by atoms with Crippen LogP contribution in [0.4, 0.5) is 11.6 Å². The number of hydrogen-bond acceptors (Lipinski definition) is 6. The van der Waals surface area contributed by atoms with Crippen LogP contribution in [0.5, 0.6) is 0 Å². The third kappa shape index (κ3) is 4.16. The molecule has 0 aliphatic rings. The summed E-state index contributed by atoms with van der Waals surface area (Å²) >= 11 is 0. The summed E-state index contributed by atoms with van der Waals surface area (Å²) in [5.41, 5.74) is 2.55. The van der Waals surface area contributed by atoms with Crippen LogP contribution in [0, 0.1) is 0 Å². The Balaban J connectivity index is 2.88. The molecular formula is C11H21N5O. The van der Waals surface area contributed by atoms with Crippen LogP contribution in [0.2, 0.25) is 0 Å². The average molecular weight is 239 g/mol. The van der Waals surface area contributed by atoms with Gasteiger partial charge in [-0.05, 0) is 13.3 Å². The first-order valence-electron chi connectivity index (χ1n) is 5.84. The standard InChI is InChI=1S/C11H21N5O/c1-4-6-16(3)11-7-9(15-12)13-10(14-11)8-17-5-2/h7H,4-6,8,12H2,1-3H3,(H,13,14,15). The van der Waals surface area contributed by atoms with E-state index in [-0.39, 0.29) is 0 Å². The molecule has 0 saturated heterocycles. The maximum Gasteiger partial charge on any atom is 0.158 e. The fourth-order valence-electron chi connectivity index (χ4n) is 1.46. The molecule has 0 atom stereocenters. The zero-order chi connectivity index (χ0) is 12.7. The van der Waals surface area contributed by atoms with Gasteiger partial charge >= 0.3 is 0 Å². The topological polar surface area (TPSA) is 76.3 Å². The third-order valence-electron chi connectivity index (χ3n) is 2.29. The summed E-state index contributed by atoms with van der Waals surface area (Å²) < 4.78 is 5.30. The highest BCUT2D eigenvalue weighted by atomic mass is 16.5. The van der Waals surface area contributed by atoms with Crippen LogP contribution >= 0.6 is 0 Å². The second kappa shape index (κ2) is 7.03. The van der Waals surface area contributed by atoms with Gasteiger partial charge in [-0.25, -0.2) is 15.8 Å². The number of hydrogen-bond donors (Lipinski definition) is 2. The van der Waals surface area contributed by atoms with E-state index in [1.165, 1.54) is 0 Å². The molecule has 0 amide bonds. The highest BCUT2D eigenvalue weighted by Gasteiger charge is 2.07. The van der Waals surface area contributed by atoms with Crippen molar-refractivity contribution in [3.8, 4) is 0 Å². The van der Waals surface area contributed by atoms with Gasteiger partial charge in [0.15, 0.2) is 5.82 Å². The lowest BCUT2D eigenvalue weighted by molar-refractivity contribution is 0.128. The van der Waals surface area contributed by atoms with Crippen molar-refractivity contribution in [2.24, 2.45) is 5.84 Å². The van der Waals surface area contributed by atoms with Gasteiger partial charge in [-0.3, -0.25) is 0 Å². The molecule has 1 rings (SSSR count). The predicted molar refractivity (Wildman–Crippen MR) is 68.7 cm³/mol. The summed E-state index contributed by atoms with van der Waals surface area (Å²) in [5.74, 6) is 7.49. The number of nitrogens with two attached hydrogens (primary N) is 1. The van der Waals surface area contributed by atoms with Crippen molar-refractivity contribution < 1.29 is 4.74 Å². The number of ether oxygens (including phenoxy) is 1. The van der Waals surface area contributed by atoms with E-state index in [0.717, 1.165) is 18.8 Å². The zero-order valence-corrected chi connectivity index (χ0v) is 10.7. The first-order chi connectivity index (χ1) is 8.21. The number of aromatic nitrogens is 2. The molecule has 0 saturated carbocycles. The van der Waals surface area contributed by atoms with E-state index in [4.69, 9.17) is 10.6 Å². The number of anilines is 2. The Hall–Kier alpha value is -1.40. The van der Waals surface area contributed by atoms with Gasteiger partial charge in [0.2, 0.25) is 0 Å². The molecule has 0 aromatic carbocycles. The summed E-state index contributed by atoms with van der Waals surface area (Å²) in [6.45, 7) is 6.05. The van der Waals surface area contributed by atoms with Gasteiger partial charge in [0, 0.05) is 26.3 Å². The number of nitrogens with one attached hydrogen (secondary N) is 1. The number of nitrogens with zero attached hydrogens (tertiary/aromatic N) is 3. The van der Waals surface area contributed by atoms with Gasteiger partial charge < -0.3 is 15.1 Å². The summed E-state index contributed by atoms with van der Waals surface area (Å²) in [5, 5.41) is 0. The SMILES string of the molecule is CCCN(C)c1cc(NN)nc(COCC)n1. The largest absolute Gasteiger partial charge is 0.374 e. The number of nitrogen functional groups attached to an aromatic ring is 1. The van der Waals surface area contributed by atoms with Crippen molar-refractivity contribution in [2.45, 2.75) is 26.9 Å². The van der Waals surface area contributed by atoms with Gasteiger partial charge in [-0.2, -0.15) is 0 Å². The molecule has 1 heterocycles. The van der Waals surface area contributed by atoms with Gasteiger partial charge in [0.25, 0.3) is 0 Å². The molecule has 6 nitrogen and oxygen atoms in total. The van der Waals surface area contributed by atoms with Gasteiger partial charge in [-0.15, -0.1) is 0 Å². The summed E-state index contributed by atoms with van der Waals surface area (Å²) in [6.07, 6.45) is 1.06. The Morgan fingerprint density at radius 3 is 2.76 bits per heavy atom. The van der Waals surface area contributed by atoms with Crippen molar-refractivity contribution in [2.75, 3.05) is 30.5 Å². The van der Waals surface area contributed by atoms with Crippen molar-refractivity contribution >= 4 is 11.6 Å². The smallest absolute Gasteiger partial charge is 0.158 e. The number of hydrazine groups is 1. The van der Waals surface area contributed by atoms with Crippen LogP contribution in [0.15, 0.2) is 6.07 Å². The highest BCUT2D eigenvalue weighted by Crippen LogP contribution is 2.14. The van der Waals surface area contributed by atoms with Gasteiger partial charge in [0.1, 0.15) is 18.2 Å². The second-order valence-electron chi connectivity index (χ2n) is 3.73. The molecule has 0 fully saturated rings. The molecule has 0 bridgehead atoms. The minimum absolute atomic E-state index is 0.402. The van der Waals surface area contributed by atoms with E-state index < -0.39 is 0 Å². The summed E-state index contributed by atoms with van der Waals surface area (Å²) in [4.78, 5) is 10.7. The van der Waals surface area contributed by atoms with Crippen LogP contribution in [-0.4, -0.2) is 30.2 Å². The minimum Gasteiger partial charge on any atom is -0.374 e. The van der Waals surface area contributed by atoms with Gasteiger partial charge in [0.05, 0.1) is 0 Å². The molecule has 0 aliphatic carbocycles. The fraction of sp³-hybridized carbons (Fsp3) is 0.636. The minimum atomic E-state index is 0.402. The van der Waals surface area contributed by atoms with E-state index in [1.54, 1.807) is 0 Å². The molecule has 96 valence electrons. The molecule has 0 radical (unpaired) electrons. The fourth-order valence-corrected chi connectivity index (χ4v) is 1.46. The van der Waals surface area contributed by atoms with Crippen molar-refractivity contribution in [3.63, 3.8) is 0 Å². The van der Waals surface area contributed by atoms with E-state index >= 15 is 0 Å². The molecule has 3 N–H and O–H groups in total. The van der Waals surface area contributed by atoms with Crippen LogP contribution < -0.4 is 16.2 Å². The molecule has 1 aromatic rings. The van der Waals surface area contributed by atoms with E-state index in [0.29, 0.717) is 24.9 Å². The Morgan fingerprint density at radius 2 is 2.18 bits per heavy atom. The first kappa shape index (κ1) is 13.7. The summed E-state index contributed by atoms with van der Waals surface area (Å²) in [6, 6.07) is 1.82. The Kier molecular flexibility index (Phi) is 5.65. The zero-order valence-electron chi connectivity index (χ0n) is 10.7. The van der Waals surface area contributed by atoms with Crippen molar-refractivity contribution in [3.05, 3.63) is 11.9 Å². The lowest BCUT2D eigenvalue weighted by atomic mass is 10.4. The Labute approximate surface area is 102 Å². The van der Waals surface area contributed by atoms with Crippen LogP contribution in [0.3, 0.4) is 0 Å². The lowest BCUT2D eigenvalue weighted by Crippen LogP contribution is -2.21. The average Bonchev–Trinajstić information content (AvgIpc) is 2.36. The molecule has 6 heteroatoms. The lowest BCUT2D eigenvalue weighted by Gasteiger charge is -2.18. The monoisotopic (exact) mass is 239 g/mol. The molecular weight excluding hydrogens is 218 g/mol. The molecule has 17 heavy (non-hydrogen) atoms. The normalized spacial score (nSPS) is 10.4. The van der Waals surface area contributed by atoms with Crippen LogP contribution in [0.1, 0.15) is 26.1 Å². The van der Waals surface area contributed by atoms with E-state index in [9.17, 15) is 0 Å². The van der Waals surface area contributed by atoms with Gasteiger partial charge in [-0.1, -0.05) is 6.92 Å². The molecule has 0 spiro atoms. The second-order valence-corrected chi connectivity index (χ2v) is 3.73. The summed E-state index contributed by atoms with van der Waals surface area (Å²) in [7, 11) is 2.00. The quantitative estimate of drug-likeness (QED) is 0.549. The Bertz CT molecular complexity index is 345. The van der Waals surface area contributed by atoms with Crippen LogP contribution in [0.25, 0.3) is 0 Å². The van der Waals surface area contributed by atoms with E-state index in [1.807, 2.05) is 20.0 Å². The highest BCUT2D eigenvalue weighted by molar-refractivity contribution is 5.48. The molecule has 0 unspecified atom stereocenters. The van der Waals surface area contributed by atoms with Crippen LogP contribution in [-0.2, 0) is 11.3 Å². The van der Waals surface area contributed by atoms with E-state index in [2.05, 4.69) is 27.2 Å². The van der Waals surface area contributed by atoms with Crippen molar-refractivity contribution in [1.29, 1.82) is 0 Å². The maximum atomic E-state index is 5.39. The molecule has 0 aliphatic heterocycles. The van der Waals surface area contributed by atoms with Crippen molar-refractivity contribution in [1.82, 2.24) is 9.97 Å². The first-order valence-corrected chi connectivity index (χ1v) is 5.84. The Morgan fingerprint density at radius 1 is 1.41 bits per heavy atom. The number of rotatable bonds is 7. The predicted octanol–water partition coefficient (Wildman–Crippen LogP) is 1.14. The molecule has 1 aromatic heterocycles.